The van der Waals surface area contributed by atoms with Crippen molar-refractivity contribution in [2.24, 2.45) is 5.73 Å². The van der Waals surface area contributed by atoms with Crippen molar-refractivity contribution in [3.63, 3.8) is 0 Å². The van der Waals surface area contributed by atoms with Crippen LogP contribution in [0.4, 0.5) is 9.59 Å². The van der Waals surface area contributed by atoms with Crippen LogP contribution in [0.5, 0.6) is 0 Å². The van der Waals surface area contributed by atoms with Crippen LogP contribution in [0.15, 0.2) is 84.9 Å². The van der Waals surface area contributed by atoms with Gasteiger partial charge in [0.1, 0.15) is 17.5 Å². The number of carbonyl (C=O) groups excluding carboxylic acids is 3. The highest BCUT2D eigenvalue weighted by Gasteiger charge is 2.20. The van der Waals surface area contributed by atoms with E-state index in [-0.39, 0.29) is 12.5 Å². The molecule has 0 fully saturated rings. The molecule has 2 amide bonds. The Balaban J connectivity index is 0.000000314. The molecule has 2 unspecified atom stereocenters. The zero-order valence-corrected chi connectivity index (χ0v) is 33.2. The average molecular weight is 751 g/mol. The number of aldehydes is 1. The summed E-state index contributed by atoms with van der Waals surface area (Å²) in [5.74, 6) is 0. The van der Waals surface area contributed by atoms with Crippen LogP contribution in [0.25, 0.3) is 21.5 Å². The molecule has 0 radical (unpaired) electrons. The molecule has 4 rings (SSSR count). The van der Waals surface area contributed by atoms with Crippen molar-refractivity contribution in [1.29, 1.82) is 10.5 Å². The van der Waals surface area contributed by atoms with Gasteiger partial charge in [0.15, 0.2) is 0 Å². The molecule has 0 aliphatic heterocycles. The lowest BCUT2D eigenvalue weighted by atomic mass is 10.1. The van der Waals surface area contributed by atoms with E-state index in [4.69, 9.17) is 25.7 Å². The summed E-state index contributed by atoms with van der Waals surface area (Å²) >= 11 is 0. The molecule has 5 N–H and O–H groups in total. The number of nitriles is 2. The fraction of sp³-hybridized carbons (Fsp3) is 0.432. The minimum absolute atomic E-state index is 0.129. The van der Waals surface area contributed by atoms with Gasteiger partial charge in [0.25, 0.3) is 0 Å². The van der Waals surface area contributed by atoms with Crippen molar-refractivity contribution < 1.29 is 23.9 Å². The maximum absolute atomic E-state index is 12.0. The maximum atomic E-state index is 12.0. The van der Waals surface area contributed by atoms with Gasteiger partial charge in [-0.3, -0.25) is 0 Å². The van der Waals surface area contributed by atoms with Crippen molar-refractivity contribution >= 4 is 40.0 Å². The molecular weight excluding hydrogens is 693 g/mol. The third kappa shape index (κ3) is 20.0. The van der Waals surface area contributed by atoms with Crippen molar-refractivity contribution in [2.45, 2.75) is 103 Å². The zero-order chi connectivity index (χ0) is 40.7. The molecule has 2 atom stereocenters. The van der Waals surface area contributed by atoms with Gasteiger partial charge in [-0.25, -0.2) is 9.59 Å². The highest BCUT2D eigenvalue weighted by atomic mass is 16.6. The lowest BCUT2D eigenvalue weighted by molar-refractivity contribution is -0.109. The first-order chi connectivity index (χ1) is 26.2. The van der Waals surface area contributed by atoms with E-state index in [1.165, 1.54) is 32.7 Å². The number of fused-ring (bicyclic) bond motifs is 2. The smallest absolute Gasteiger partial charge is 0.408 e. The fourth-order valence-electron chi connectivity index (χ4n) is 5.26. The first kappa shape index (κ1) is 45.7. The molecule has 0 saturated heterocycles. The summed E-state index contributed by atoms with van der Waals surface area (Å²) in [4.78, 5) is 33.7. The van der Waals surface area contributed by atoms with Crippen molar-refractivity contribution in [3.05, 3.63) is 96.1 Å². The largest absolute Gasteiger partial charge is 0.444 e. The van der Waals surface area contributed by atoms with E-state index in [9.17, 15) is 14.4 Å². The highest BCUT2D eigenvalue weighted by Crippen LogP contribution is 2.17. The van der Waals surface area contributed by atoms with Gasteiger partial charge in [0.2, 0.25) is 0 Å². The molecule has 0 saturated carbocycles. The predicted molar refractivity (Wildman–Crippen MR) is 219 cm³/mol. The third-order valence-electron chi connectivity index (χ3n) is 7.80. The molecule has 11 nitrogen and oxygen atoms in total. The summed E-state index contributed by atoms with van der Waals surface area (Å²) in [5.41, 5.74) is 6.97. The SMILES string of the molecule is CC(C)(C)OC(=O)NC(C=O)CCC#N.CC(C)(C)OC(=O)NC(CCC#N)CNCCc1ccc2ccccc2c1.NCCc1ccc2ccccc2c1. The second kappa shape index (κ2) is 24.0. The van der Waals surface area contributed by atoms with Gasteiger partial charge in [-0.2, -0.15) is 10.5 Å². The van der Waals surface area contributed by atoms with Gasteiger partial charge in [-0.1, -0.05) is 84.9 Å². The van der Waals surface area contributed by atoms with Crippen LogP contribution in [0.3, 0.4) is 0 Å². The molecule has 0 aliphatic rings. The predicted octanol–water partition coefficient (Wildman–Crippen LogP) is 7.89. The van der Waals surface area contributed by atoms with Gasteiger partial charge < -0.3 is 36.0 Å². The molecule has 0 aromatic heterocycles. The Bertz CT molecular complexity index is 1870. The number of amides is 2. The summed E-state index contributed by atoms with van der Waals surface area (Å²) in [5, 5.41) is 30.8. The summed E-state index contributed by atoms with van der Waals surface area (Å²) in [7, 11) is 0. The van der Waals surface area contributed by atoms with Crippen LogP contribution in [-0.4, -0.2) is 61.4 Å². The number of nitrogens with one attached hydrogen (secondary N) is 3. The minimum Gasteiger partial charge on any atom is -0.444 e. The Labute approximate surface area is 326 Å². The van der Waals surface area contributed by atoms with Gasteiger partial charge in [0.05, 0.1) is 18.2 Å². The number of alkyl carbamates (subject to hydrolysis) is 2. The molecule has 0 bridgehead atoms. The Morgan fingerprint density at radius 3 is 1.65 bits per heavy atom. The quantitative estimate of drug-likeness (QED) is 0.0736. The number of rotatable bonds is 14. The monoisotopic (exact) mass is 750 g/mol. The molecule has 0 spiro atoms. The summed E-state index contributed by atoms with van der Waals surface area (Å²) < 4.78 is 10.3. The van der Waals surface area contributed by atoms with Crippen LogP contribution < -0.4 is 21.7 Å². The number of nitrogens with zero attached hydrogens (tertiary/aromatic N) is 2. The van der Waals surface area contributed by atoms with Crippen LogP contribution >= 0.6 is 0 Å². The Hall–Kier alpha value is -5.49. The van der Waals surface area contributed by atoms with E-state index >= 15 is 0 Å². The Morgan fingerprint density at radius 1 is 0.709 bits per heavy atom. The van der Waals surface area contributed by atoms with E-state index in [2.05, 4.69) is 94.8 Å². The molecule has 4 aromatic carbocycles. The van der Waals surface area contributed by atoms with E-state index in [1.807, 2.05) is 39.0 Å². The van der Waals surface area contributed by atoms with Crippen LogP contribution in [0.1, 0.15) is 78.4 Å². The van der Waals surface area contributed by atoms with Crippen molar-refractivity contribution in [1.82, 2.24) is 16.0 Å². The number of nitrogens with two attached hydrogens (primary N) is 1. The van der Waals surface area contributed by atoms with E-state index in [1.54, 1.807) is 20.8 Å². The van der Waals surface area contributed by atoms with E-state index in [0.717, 1.165) is 25.9 Å². The van der Waals surface area contributed by atoms with Gasteiger partial charge in [-0.15, -0.1) is 0 Å². The van der Waals surface area contributed by atoms with E-state index < -0.39 is 29.4 Å². The van der Waals surface area contributed by atoms with Gasteiger partial charge >= 0.3 is 12.2 Å². The second-order valence-corrected chi connectivity index (χ2v) is 15.0. The molecule has 294 valence electrons. The van der Waals surface area contributed by atoms with Gasteiger partial charge in [-0.05, 0) is 113 Å². The number of hydrogen-bond acceptors (Lipinski definition) is 9. The molecule has 0 heterocycles. The maximum Gasteiger partial charge on any atom is 0.408 e. The fourth-order valence-corrected chi connectivity index (χ4v) is 5.26. The molecule has 55 heavy (non-hydrogen) atoms. The normalized spacial score (nSPS) is 11.9. The lowest BCUT2D eigenvalue weighted by Gasteiger charge is -2.23. The molecule has 11 heteroatoms. The number of ether oxygens (including phenoxy) is 2. The molecular formula is C44H58N6O5. The number of benzene rings is 4. The molecule has 0 aliphatic carbocycles. The summed E-state index contributed by atoms with van der Waals surface area (Å²) in [6, 6.07) is 33.0. The van der Waals surface area contributed by atoms with E-state index in [0.29, 0.717) is 32.1 Å². The molecule has 4 aromatic rings. The number of hydrogen-bond donors (Lipinski definition) is 4. The highest BCUT2D eigenvalue weighted by molar-refractivity contribution is 5.83. The Kier molecular flexibility index (Phi) is 19.9. The van der Waals surface area contributed by atoms with Crippen LogP contribution in [0, 0.1) is 22.7 Å². The number of carbonyl (C=O) groups is 3. The van der Waals surface area contributed by atoms with Crippen molar-refractivity contribution in [2.75, 3.05) is 19.6 Å². The lowest BCUT2D eigenvalue weighted by Crippen LogP contribution is -2.44. The van der Waals surface area contributed by atoms with Crippen LogP contribution in [0.2, 0.25) is 0 Å². The van der Waals surface area contributed by atoms with Crippen LogP contribution in [-0.2, 0) is 27.1 Å². The summed E-state index contributed by atoms with van der Waals surface area (Å²) in [6.07, 6.45) is 2.90. The first-order valence-electron chi connectivity index (χ1n) is 18.7. The topological polar surface area (TPSA) is 179 Å². The standard InChI is InChI=1S/C22H29N3O2.C12H13N.C10H16N2O3/c1-22(2,3)27-21(26)25-20(9-6-13-23)16-24-14-12-17-10-11-18-7-4-5-8-19(18)15-17;13-8-7-10-5-6-11-3-1-2-4-12(11)9-10;1-10(2,3)15-9(14)12-8(7-13)5-4-6-11/h4-5,7-8,10-11,15,20,24H,6,9,12,14,16H2,1-3H3,(H,25,26);1-6,9H,7-8,13H2;7-8H,4-5H2,1-3H3,(H,12,14). The minimum atomic E-state index is -0.653. The third-order valence-corrected chi connectivity index (χ3v) is 7.80. The first-order valence-corrected chi connectivity index (χ1v) is 18.7. The second-order valence-electron chi connectivity index (χ2n) is 15.0. The zero-order valence-electron chi connectivity index (χ0n) is 33.2. The average Bonchev–Trinajstić information content (AvgIpc) is 3.13. The van der Waals surface area contributed by atoms with Gasteiger partial charge in [0, 0.05) is 25.4 Å². The Morgan fingerprint density at radius 2 is 1.18 bits per heavy atom. The summed E-state index contributed by atoms with van der Waals surface area (Å²) in [6.45, 7) is 12.8. The van der Waals surface area contributed by atoms with Crippen molar-refractivity contribution in [3.8, 4) is 12.1 Å².